The number of anilines is 1. The van der Waals surface area contributed by atoms with Crippen molar-refractivity contribution in [3.63, 3.8) is 0 Å². The van der Waals surface area contributed by atoms with Gasteiger partial charge < -0.3 is 5.32 Å². The van der Waals surface area contributed by atoms with Crippen molar-refractivity contribution in [1.82, 2.24) is 0 Å². The van der Waals surface area contributed by atoms with Gasteiger partial charge in [0.1, 0.15) is 0 Å². The zero-order chi connectivity index (χ0) is 12.7. The van der Waals surface area contributed by atoms with Crippen LogP contribution in [0.2, 0.25) is 5.02 Å². The minimum absolute atomic E-state index is 0.0199. The molecule has 1 N–H and O–H groups in total. The molecule has 0 saturated heterocycles. The summed E-state index contributed by atoms with van der Waals surface area (Å²) in [5.41, 5.74) is 0.778. The summed E-state index contributed by atoms with van der Waals surface area (Å²) in [5.74, 6) is 0. The smallest absolute Gasteiger partial charge is 0.271 e. The maximum Gasteiger partial charge on any atom is 0.271 e. The molecule has 1 aromatic rings. The summed E-state index contributed by atoms with van der Waals surface area (Å²) in [6.45, 7) is 3.01. The Balaban J connectivity index is 2.46. The van der Waals surface area contributed by atoms with Gasteiger partial charge in [0.15, 0.2) is 0 Å². The molecule has 0 unspecified atom stereocenters. The van der Waals surface area contributed by atoms with Crippen LogP contribution in [0.15, 0.2) is 18.2 Å². The lowest BCUT2D eigenvalue weighted by atomic mass is 10.2. The third kappa shape index (κ3) is 4.61. The van der Waals surface area contributed by atoms with Gasteiger partial charge in [0.25, 0.3) is 5.69 Å². The minimum Gasteiger partial charge on any atom is -0.384 e. The van der Waals surface area contributed by atoms with E-state index in [0.29, 0.717) is 5.02 Å². The molecule has 4 nitrogen and oxygen atoms in total. The molecule has 0 saturated carbocycles. The first-order valence-corrected chi connectivity index (χ1v) is 6.20. The second kappa shape index (κ2) is 7.12. The van der Waals surface area contributed by atoms with E-state index in [1.807, 2.05) is 0 Å². The number of benzene rings is 1. The van der Waals surface area contributed by atoms with Crippen LogP contribution < -0.4 is 5.32 Å². The summed E-state index contributed by atoms with van der Waals surface area (Å²) in [6.07, 6.45) is 4.71. The van der Waals surface area contributed by atoms with Gasteiger partial charge >= 0.3 is 0 Å². The van der Waals surface area contributed by atoms with Crippen LogP contribution in [0.25, 0.3) is 0 Å². The van der Waals surface area contributed by atoms with Gasteiger partial charge in [0, 0.05) is 18.7 Å². The van der Waals surface area contributed by atoms with Crippen LogP contribution in [-0.4, -0.2) is 11.5 Å². The summed E-state index contributed by atoms with van der Waals surface area (Å²) >= 11 is 5.95. The Kier molecular flexibility index (Phi) is 5.77. The first-order valence-electron chi connectivity index (χ1n) is 5.83. The third-order valence-corrected chi connectivity index (χ3v) is 2.82. The molecule has 0 atom stereocenters. The summed E-state index contributed by atoms with van der Waals surface area (Å²) < 4.78 is 0. The fraction of sp³-hybridized carbons (Fsp3) is 0.500. The van der Waals surface area contributed by atoms with E-state index in [2.05, 4.69) is 12.2 Å². The maximum atomic E-state index is 10.5. The van der Waals surface area contributed by atoms with E-state index in [1.54, 1.807) is 6.07 Å². The molecule has 0 heterocycles. The zero-order valence-corrected chi connectivity index (χ0v) is 10.7. The Hall–Kier alpha value is -1.29. The quantitative estimate of drug-likeness (QED) is 0.451. The van der Waals surface area contributed by atoms with Gasteiger partial charge in [0.05, 0.1) is 15.6 Å². The summed E-state index contributed by atoms with van der Waals surface area (Å²) in [5, 5.41) is 14.1. The van der Waals surface area contributed by atoms with Crippen molar-refractivity contribution < 1.29 is 4.92 Å². The number of unbranched alkanes of at least 4 members (excludes halogenated alkanes) is 3. The molecule has 1 rings (SSSR count). The Morgan fingerprint density at radius 3 is 2.71 bits per heavy atom. The highest BCUT2D eigenvalue weighted by molar-refractivity contribution is 6.33. The van der Waals surface area contributed by atoms with Crippen LogP contribution >= 0.6 is 11.6 Å². The first-order chi connectivity index (χ1) is 8.15. The van der Waals surface area contributed by atoms with Gasteiger partial charge in [-0.1, -0.05) is 37.8 Å². The number of nitrogens with zero attached hydrogens (tertiary/aromatic N) is 1. The van der Waals surface area contributed by atoms with Crippen LogP contribution in [-0.2, 0) is 0 Å². The molecule has 0 spiro atoms. The number of rotatable bonds is 7. The van der Waals surface area contributed by atoms with E-state index in [9.17, 15) is 10.1 Å². The highest BCUT2D eigenvalue weighted by atomic mass is 35.5. The van der Waals surface area contributed by atoms with Crippen LogP contribution in [0.1, 0.15) is 32.6 Å². The number of nitrogens with one attached hydrogen (secondary N) is 1. The molecule has 5 heteroatoms. The van der Waals surface area contributed by atoms with E-state index in [4.69, 9.17) is 11.6 Å². The molecule has 0 aliphatic rings. The van der Waals surface area contributed by atoms with Gasteiger partial charge in [-0.05, 0) is 12.5 Å². The molecule has 1 aromatic carbocycles. The second-order valence-electron chi connectivity index (χ2n) is 3.91. The van der Waals surface area contributed by atoms with Crippen molar-refractivity contribution >= 4 is 23.0 Å². The largest absolute Gasteiger partial charge is 0.384 e. The maximum absolute atomic E-state index is 10.5. The van der Waals surface area contributed by atoms with Crippen molar-refractivity contribution in [3.8, 4) is 0 Å². The van der Waals surface area contributed by atoms with Gasteiger partial charge in [-0.15, -0.1) is 0 Å². The molecule has 0 bridgehead atoms. The number of non-ortho nitro benzene ring substituents is 1. The van der Waals surface area contributed by atoms with Gasteiger partial charge in [-0.3, -0.25) is 10.1 Å². The Morgan fingerprint density at radius 2 is 2.12 bits per heavy atom. The van der Waals surface area contributed by atoms with Gasteiger partial charge in [0.2, 0.25) is 0 Å². The molecular formula is C12H17ClN2O2. The fourth-order valence-electron chi connectivity index (χ4n) is 1.54. The average molecular weight is 257 g/mol. The van der Waals surface area contributed by atoms with E-state index >= 15 is 0 Å². The van der Waals surface area contributed by atoms with Crippen molar-refractivity contribution in [1.29, 1.82) is 0 Å². The summed E-state index contributed by atoms with van der Waals surface area (Å²) in [6, 6.07) is 4.48. The molecule has 0 aromatic heterocycles. The first kappa shape index (κ1) is 13.8. The minimum atomic E-state index is -0.448. The summed E-state index contributed by atoms with van der Waals surface area (Å²) in [7, 11) is 0. The van der Waals surface area contributed by atoms with Crippen LogP contribution in [0.5, 0.6) is 0 Å². The Labute approximate surface area is 106 Å². The van der Waals surface area contributed by atoms with Gasteiger partial charge in [-0.25, -0.2) is 0 Å². The molecule has 94 valence electrons. The lowest BCUT2D eigenvalue weighted by molar-refractivity contribution is -0.384. The number of hydrogen-bond donors (Lipinski definition) is 1. The van der Waals surface area contributed by atoms with Crippen LogP contribution in [0, 0.1) is 10.1 Å². The highest BCUT2D eigenvalue weighted by Crippen LogP contribution is 2.26. The van der Waals surface area contributed by atoms with Crippen molar-refractivity contribution in [3.05, 3.63) is 33.3 Å². The third-order valence-electron chi connectivity index (χ3n) is 2.51. The topological polar surface area (TPSA) is 55.2 Å². The van der Waals surface area contributed by atoms with E-state index in [0.717, 1.165) is 18.7 Å². The fourth-order valence-corrected chi connectivity index (χ4v) is 1.78. The number of nitro benzene ring substituents is 1. The molecule has 17 heavy (non-hydrogen) atoms. The number of nitro groups is 1. The van der Waals surface area contributed by atoms with E-state index in [-0.39, 0.29) is 5.69 Å². The van der Waals surface area contributed by atoms with Crippen molar-refractivity contribution in [2.45, 2.75) is 32.6 Å². The van der Waals surface area contributed by atoms with E-state index in [1.165, 1.54) is 31.4 Å². The molecule has 0 radical (unpaired) electrons. The zero-order valence-electron chi connectivity index (χ0n) is 9.91. The number of halogens is 1. The molecule has 0 fully saturated rings. The van der Waals surface area contributed by atoms with Crippen molar-refractivity contribution in [2.24, 2.45) is 0 Å². The number of hydrogen-bond acceptors (Lipinski definition) is 3. The molecule has 0 amide bonds. The van der Waals surface area contributed by atoms with Crippen LogP contribution in [0.3, 0.4) is 0 Å². The monoisotopic (exact) mass is 256 g/mol. The summed E-state index contributed by atoms with van der Waals surface area (Å²) in [4.78, 5) is 10.1. The van der Waals surface area contributed by atoms with Crippen molar-refractivity contribution in [2.75, 3.05) is 11.9 Å². The van der Waals surface area contributed by atoms with Crippen LogP contribution in [0.4, 0.5) is 11.4 Å². The van der Waals surface area contributed by atoms with Gasteiger partial charge in [-0.2, -0.15) is 0 Å². The Morgan fingerprint density at radius 1 is 1.35 bits per heavy atom. The highest BCUT2D eigenvalue weighted by Gasteiger charge is 2.08. The molecule has 0 aliphatic heterocycles. The normalized spacial score (nSPS) is 10.2. The van der Waals surface area contributed by atoms with E-state index < -0.39 is 4.92 Å². The average Bonchev–Trinajstić information content (AvgIpc) is 2.30. The Bertz CT molecular complexity index is 383. The standard InChI is InChI=1S/C12H17ClN2O2/c1-2-3-4-5-8-14-12-7-6-10(15(16)17)9-11(12)13/h6-7,9,14H,2-5,8H2,1H3. The lowest BCUT2D eigenvalue weighted by Gasteiger charge is -2.07. The lowest BCUT2D eigenvalue weighted by Crippen LogP contribution is -2.02. The second-order valence-corrected chi connectivity index (χ2v) is 4.32. The SMILES string of the molecule is CCCCCCNc1ccc([N+](=O)[O-])cc1Cl. The predicted octanol–water partition coefficient (Wildman–Crippen LogP) is 4.24. The predicted molar refractivity (Wildman–Crippen MR) is 70.7 cm³/mol. The molecule has 0 aliphatic carbocycles. The molecular weight excluding hydrogens is 240 g/mol.